The zero-order valence-electron chi connectivity index (χ0n) is 9.12. The van der Waals surface area contributed by atoms with Gasteiger partial charge >= 0.3 is 6.36 Å². The normalized spacial score (nSPS) is 11.1. The fourth-order valence-corrected chi connectivity index (χ4v) is 1.11. The van der Waals surface area contributed by atoms with E-state index in [0.29, 0.717) is 0 Å². The Morgan fingerprint density at radius 1 is 1.29 bits per heavy atom. The molecule has 17 heavy (non-hydrogen) atoms. The van der Waals surface area contributed by atoms with Gasteiger partial charge in [-0.2, -0.15) is 0 Å². The van der Waals surface area contributed by atoms with Crippen molar-refractivity contribution in [3.63, 3.8) is 0 Å². The van der Waals surface area contributed by atoms with Crippen molar-refractivity contribution in [3.8, 4) is 5.75 Å². The second-order valence-corrected chi connectivity index (χ2v) is 3.03. The molecular weight excluding hydrogens is 239 g/mol. The van der Waals surface area contributed by atoms with Gasteiger partial charge in [-0.3, -0.25) is 9.63 Å². The molecule has 0 aliphatic heterocycles. The fourth-order valence-electron chi connectivity index (χ4n) is 1.11. The van der Waals surface area contributed by atoms with E-state index in [1.54, 1.807) is 0 Å². The lowest BCUT2D eigenvalue weighted by molar-refractivity contribution is -0.274. The number of alkyl halides is 3. The summed E-state index contributed by atoms with van der Waals surface area (Å²) in [5.74, 6) is -1.29. The van der Waals surface area contributed by atoms with E-state index in [1.165, 1.54) is 32.4 Å². The van der Waals surface area contributed by atoms with Crippen LogP contribution >= 0.6 is 0 Å². The highest BCUT2D eigenvalue weighted by Crippen LogP contribution is 2.26. The average molecular weight is 249 g/mol. The molecule has 7 heteroatoms. The first-order chi connectivity index (χ1) is 7.85. The zero-order chi connectivity index (χ0) is 13.1. The molecule has 0 atom stereocenters. The van der Waals surface area contributed by atoms with Crippen molar-refractivity contribution in [3.05, 3.63) is 29.8 Å². The van der Waals surface area contributed by atoms with E-state index < -0.39 is 18.0 Å². The van der Waals surface area contributed by atoms with Gasteiger partial charge in [0.15, 0.2) is 0 Å². The minimum absolute atomic E-state index is 0.228. The van der Waals surface area contributed by atoms with Gasteiger partial charge in [0, 0.05) is 7.05 Å². The molecule has 0 N–H and O–H groups in total. The van der Waals surface area contributed by atoms with Crippen LogP contribution in [0.4, 0.5) is 13.2 Å². The van der Waals surface area contributed by atoms with Crippen LogP contribution in [0.5, 0.6) is 5.75 Å². The number of ether oxygens (including phenoxy) is 1. The summed E-state index contributed by atoms with van der Waals surface area (Å²) in [6, 6.07) is 5.05. The van der Waals surface area contributed by atoms with Crippen molar-refractivity contribution < 1.29 is 27.5 Å². The summed E-state index contributed by atoms with van der Waals surface area (Å²) < 4.78 is 40.0. The molecule has 0 saturated heterocycles. The Labute approximate surface area is 95.5 Å². The van der Waals surface area contributed by atoms with Crippen LogP contribution in [-0.4, -0.2) is 31.5 Å². The van der Waals surface area contributed by atoms with Crippen molar-refractivity contribution in [2.75, 3.05) is 14.2 Å². The standard InChI is InChI=1S/C10H10F3NO3/c1-14(16-2)9(15)7-5-3-4-6-8(7)17-10(11,12)13/h3-6H,1-2H3. The van der Waals surface area contributed by atoms with Gasteiger partial charge in [-0.15, -0.1) is 13.2 Å². The van der Waals surface area contributed by atoms with Crippen LogP contribution in [0.3, 0.4) is 0 Å². The van der Waals surface area contributed by atoms with Crippen molar-refractivity contribution in [2.24, 2.45) is 0 Å². The molecular formula is C10H10F3NO3. The molecule has 0 spiro atoms. The minimum atomic E-state index is -4.85. The molecule has 0 aliphatic rings. The Balaban J connectivity index is 3.04. The molecule has 0 heterocycles. The highest BCUT2D eigenvalue weighted by atomic mass is 19.4. The SMILES string of the molecule is CON(C)C(=O)c1ccccc1OC(F)(F)F. The Bertz CT molecular complexity index is 406. The van der Waals surface area contributed by atoms with Gasteiger partial charge in [0.1, 0.15) is 5.75 Å². The monoisotopic (exact) mass is 249 g/mol. The van der Waals surface area contributed by atoms with Crippen LogP contribution in [0, 0.1) is 0 Å². The highest BCUT2D eigenvalue weighted by molar-refractivity contribution is 5.96. The quantitative estimate of drug-likeness (QED) is 0.771. The van der Waals surface area contributed by atoms with E-state index in [1.807, 2.05) is 0 Å². The number of hydrogen-bond acceptors (Lipinski definition) is 3. The number of carbonyl (C=O) groups excluding carboxylic acids is 1. The van der Waals surface area contributed by atoms with Gasteiger partial charge in [0.05, 0.1) is 12.7 Å². The lowest BCUT2D eigenvalue weighted by atomic mass is 10.2. The van der Waals surface area contributed by atoms with Crippen LogP contribution in [0.2, 0.25) is 0 Å². The Kier molecular flexibility index (Phi) is 3.95. The fraction of sp³-hybridized carbons (Fsp3) is 0.300. The van der Waals surface area contributed by atoms with E-state index in [2.05, 4.69) is 9.57 Å². The lowest BCUT2D eigenvalue weighted by Gasteiger charge is -2.17. The molecule has 1 rings (SSSR count). The molecule has 0 saturated carbocycles. The largest absolute Gasteiger partial charge is 0.573 e. The van der Waals surface area contributed by atoms with E-state index in [0.717, 1.165) is 11.1 Å². The van der Waals surface area contributed by atoms with Crippen LogP contribution < -0.4 is 4.74 Å². The maximum Gasteiger partial charge on any atom is 0.573 e. The number of benzene rings is 1. The predicted molar refractivity (Wildman–Crippen MR) is 52.2 cm³/mol. The summed E-state index contributed by atoms with van der Waals surface area (Å²) in [6.45, 7) is 0. The highest BCUT2D eigenvalue weighted by Gasteiger charge is 2.33. The molecule has 1 amide bonds. The predicted octanol–water partition coefficient (Wildman–Crippen LogP) is 2.22. The van der Waals surface area contributed by atoms with E-state index in [-0.39, 0.29) is 5.56 Å². The minimum Gasteiger partial charge on any atom is -0.405 e. The molecule has 0 radical (unpaired) electrons. The van der Waals surface area contributed by atoms with Crippen LogP contribution in [-0.2, 0) is 4.84 Å². The first-order valence-corrected chi connectivity index (χ1v) is 4.52. The third kappa shape index (κ3) is 3.63. The van der Waals surface area contributed by atoms with Crippen LogP contribution in [0.15, 0.2) is 24.3 Å². The summed E-state index contributed by atoms with van der Waals surface area (Å²) in [5.41, 5.74) is -0.228. The lowest BCUT2D eigenvalue weighted by Crippen LogP contribution is -2.27. The molecule has 0 unspecified atom stereocenters. The van der Waals surface area contributed by atoms with Gasteiger partial charge in [-0.05, 0) is 12.1 Å². The molecule has 1 aromatic carbocycles. The number of nitrogens with zero attached hydrogens (tertiary/aromatic N) is 1. The zero-order valence-corrected chi connectivity index (χ0v) is 9.12. The topological polar surface area (TPSA) is 38.8 Å². The third-order valence-electron chi connectivity index (χ3n) is 1.90. The van der Waals surface area contributed by atoms with Crippen molar-refractivity contribution in [2.45, 2.75) is 6.36 Å². The van der Waals surface area contributed by atoms with E-state index in [9.17, 15) is 18.0 Å². The number of halogens is 3. The Morgan fingerprint density at radius 3 is 2.41 bits per heavy atom. The molecule has 0 bridgehead atoms. The summed E-state index contributed by atoms with van der Waals surface area (Å²) in [7, 11) is 2.51. The maximum atomic E-state index is 12.1. The van der Waals surface area contributed by atoms with Gasteiger partial charge in [-0.25, -0.2) is 5.06 Å². The Morgan fingerprint density at radius 2 is 1.88 bits per heavy atom. The maximum absolute atomic E-state index is 12.1. The van der Waals surface area contributed by atoms with Gasteiger partial charge in [-0.1, -0.05) is 12.1 Å². The molecule has 4 nitrogen and oxygen atoms in total. The van der Waals surface area contributed by atoms with Crippen molar-refractivity contribution in [1.29, 1.82) is 0 Å². The molecule has 94 valence electrons. The first-order valence-electron chi connectivity index (χ1n) is 4.52. The third-order valence-corrected chi connectivity index (χ3v) is 1.90. The summed E-state index contributed by atoms with van der Waals surface area (Å²) in [6.07, 6.45) is -4.85. The summed E-state index contributed by atoms with van der Waals surface area (Å²) >= 11 is 0. The number of amides is 1. The first kappa shape index (κ1) is 13.3. The second kappa shape index (κ2) is 5.05. The second-order valence-electron chi connectivity index (χ2n) is 3.03. The number of rotatable bonds is 3. The Hall–Kier alpha value is -1.76. The average Bonchev–Trinajstić information content (AvgIpc) is 2.25. The molecule has 1 aromatic rings. The molecule has 0 fully saturated rings. The van der Waals surface area contributed by atoms with E-state index >= 15 is 0 Å². The van der Waals surface area contributed by atoms with Crippen molar-refractivity contribution >= 4 is 5.91 Å². The van der Waals surface area contributed by atoms with Gasteiger partial charge in [0.2, 0.25) is 0 Å². The molecule has 0 aromatic heterocycles. The number of hydrogen-bond donors (Lipinski definition) is 0. The molecule has 0 aliphatic carbocycles. The number of hydroxylamine groups is 2. The van der Waals surface area contributed by atoms with Crippen LogP contribution in [0.25, 0.3) is 0 Å². The van der Waals surface area contributed by atoms with Gasteiger partial charge < -0.3 is 4.74 Å². The van der Waals surface area contributed by atoms with Crippen molar-refractivity contribution in [1.82, 2.24) is 5.06 Å². The van der Waals surface area contributed by atoms with Gasteiger partial charge in [0.25, 0.3) is 5.91 Å². The van der Waals surface area contributed by atoms with E-state index in [4.69, 9.17) is 0 Å². The summed E-state index contributed by atoms with van der Waals surface area (Å²) in [4.78, 5) is 16.2. The number of para-hydroxylation sites is 1. The summed E-state index contributed by atoms with van der Waals surface area (Å²) in [5, 5.41) is 0.804. The number of carbonyl (C=O) groups is 1. The van der Waals surface area contributed by atoms with Crippen LogP contribution in [0.1, 0.15) is 10.4 Å². The smallest absolute Gasteiger partial charge is 0.405 e.